The summed E-state index contributed by atoms with van der Waals surface area (Å²) < 4.78 is 25.1. The van der Waals surface area contributed by atoms with Crippen LogP contribution in [0.15, 0.2) is 66.2 Å². The van der Waals surface area contributed by atoms with Gasteiger partial charge in [-0.1, -0.05) is 23.7 Å². The molecule has 0 atom stereocenters. The monoisotopic (exact) mass is 606 g/mol. The van der Waals surface area contributed by atoms with Crippen molar-refractivity contribution in [2.24, 2.45) is 0 Å². The smallest absolute Gasteiger partial charge is 0.335 e. The quantitative estimate of drug-likeness (QED) is 0.233. The average Bonchev–Trinajstić information content (AvgIpc) is 2.83. The first-order chi connectivity index (χ1) is 16.8. The number of hydrogen-bond donors (Lipinski definition) is 1. The Morgan fingerprint density at radius 3 is 2.40 bits per heavy atom. The topological polar surface area (TPSA) is 84.9 Å². The summed E-state index contributed by atoms with van der Waals surface area (Å²) in [7, 11) is 1.46. The molecule has 0 unspecified atom stereocenters. The van der Waals surface area contributed by atoms with E-state index in [9.17, 15) is 18.8 Å². The molecule has 1 saturated heterocycles. The Bertz CT molecular complexity index is 1340. The van der Waals surface area contributed by atoms with Crippen molar-refractivity contribution in [3.8, 4) is 11.5 Å². The molecule has 4 amide bonds. The lowest BCUT2D eigenvalue weighted by molar-refractivity contribution is -0.122. The van der Waals surface area contributed by atoms with Gasteiger partial charge in [0.25, 0.3) is 11.8 Å². The van der Waals surface area contributed by atoms with Crippen molar-refractivity contribution in [1.29, 1.82) is 0 Å². The number of hydrogen-bond acceptors (Lipinski definition) is 5. The van der Waals surface area contributed by atoms with Crippen molar-refractivity contribution in [3.05, 3.63) is 91.8 Å². The van der Waals surface area contributed by atoms with Crippen LogP contribution < -0.4 is 19.7 Å². The molecule has 0 radical (unpaired) electrons. The third-order valence-electron chi connectivity index (χ3n) is 5.05. The Balaban J connectivity index is 1.63. The molecule has 1 aliphatic heterocycles. The molecule has 7 nitrogen and oxygen atoms in total. The molecular weight excluding hydrogens is 590 g/mol. The van der Waals surface area contributed by atoms with Gasteiger partial charge in [0.1, 0.15) is 18.0 Å². The minimum Gasteiger partial charge on any atom is -0.493 e. The summed E-state index contributed by atoms with van der Waals surface area (Å²) in [6.07, 6.45) is 1.38. The van der Waals surface area contributed by atoms with E-state index in [4.69, 9.17) is 21.1 Å². The van der Waals surface area contributed by atoms with E-state index < -0.39 is 17.8 Å². The summed E-state index contributed by atoms with van der Waals surface area (Å²) in [5.74, 6) is -1.09. The van der Waals surface area contributed by atoms with E-state index in [1.807, 2.05) is 0 Å². The van der Waals surface area contributed by atoms with Crippen LogP contribution in [-0.4, -0.2) is 25.0 Å². The summed E-state index contributed by atoms with van der Waals surface area (Å²) in [6, 6.07) is 14.5. The minimum absolute atomic E-state index is 0.187. The highest BCUT2D eigenvalue weighted by Crippen LogP contribution is 2.35. The van der Waals surface area contributed by atoms with E-state index in [-0.39, 0.29) is 23.7 Å². The fraction of sp³-hybridized carbons (Fsp3) is 0.0800. The van der Waals surface area contributed by atoms with Crippen molar-refractivity contribution in [3.63, 3.8) is 0 Å². The van der Waals surface area contributed by atoms with E-state index in [0.29, 0.717) is 25.7 Å². The summed E-state index contributed by atoms with van der Waals surface area (Å²) in [6.45, 7) is 0.187. The number of rotatable bonds is 6. The van der Waals surface area contributed by atoms with Crippen LogP contribution in [0.5, 0.6) is 11.5 Å². The number of benzene rings is 3. The Hall–Kier alpha value is -3.44. The highest BCUT2D eigenvalue weighted by Gasteiger charge is 2.36. The van der Waals surface area contributed by atoms with Gasteiger partial charge in [0.2, 0.25) is 0 Å². The number of nitrogens with zero attached hydrogens (tertiary/aromatic N) is 1. The van der Waals surface area contributed by atoms with E-state index >= 15 is 0 Å². The molecule has 1 fully saturated rings. The van der Waals surface area contributed by atoms with E-state index in [1.54, 1.807) is 24.3 Å². The highest BCUT2D eigenvalue weighted by atomic mass is 127. The number of methoxy groups -OCH3 is 1. The largest absolute Gasteiger partial charge is 0.493 e. The summed E-state index contributed by atoms with van der Waals surface area (Å²) in [4.78, 5) is 38.8. The molecule has 35 heavy (non-hydrogen) atoms. The van der Waals surface area contributed by atoms with Gasteiger partial charge in [-0.25, -0.2) is 14.1 Å². The van der Waals surface area contributed by atoms with Crippen LogP contribution in [0.1, 0.15) is 11.1 Å². The van der Waals surface area contributed by atoms with Gasteiger partial charge in [0.15, 0.2) is 11.5 Å². The fourth-order valence-corrected chi connectivity index (χ4v) is 4.26. The van der Waals surface area contributed by atoms with Gasteiger partial charge in [-0.05, 0) is 88.3 Å². The number of barbiturate groups is 1. The molecule has 0 spiro atoms. The standard InChI is InChI=1S/C25H17ClFIN2O5/c1-34-21-12-15(11-20(28)22(21)35-13-14-2-6-17(27)7-3-14)10-19-23(31)29-25(33)30(24(19)32)18-8-4-16(26)5-9-18/h2-12H,13H2,1H3,(H,29,31,33)/b19-10+. The zero-order chi connectivity index (χ0) is 25.1. The summed E-state index contributed by atoms with van der Waals surface area (Å²) >= 11 is 7.95. The number of anilines is 1. The van der Waals surface area contributed by atoms with Crippen LogP contribution in [0.3, 0.4) is 0 Å². The fourth-order valence-electron chi connectivity index (χ4n) is 3.35. The predicted octanol–water partition coefficient (Wildman–Crippen LogP) is 5.34. The molecule has 3 aromatic carbocycles. The van der Waals surface area contributed by atoms with Crippen LogP contribution >= 0.6 is 34.2 Å². The number of amides is 4. The molecule has 0 saturated carbocycles. The van der Waals surface area contributed by atoms with Crippen LogP contribution in [0.4, 0.5) is 14.9 Å². The molecule has 10 heteroatoms. The summed E-state index contributed by atoms with van der Waals surface area (Å²) in [5, 5.41) is 2.62. The van der Waals surface area contributed by atoms with Crippen LogP contribution in [0.2, 0.25) is 5.02 Å². The molecule has 178 valence electrons. The Morgan fingerprint density at radius 1 is 1.06 bits per heavy atom. The van der Waals surface area contributed by atoms with Gasteiger partial charge in [0.05, 0.1) is 16.4 Å². The number of halogens is 3. The maximum Gasteiger partial charge on any atom is 0.335 e. The molecule has 0 aromatic heterocycles. The molecule has 4 rings (SSSR count). The molecule has 1 heterocycles. The number of nitrogens with one attached hydrogen (secondary N) is 1. The van der Waals surface area contributed by atoms with Gasteiger partial charge >= 0.3 is 6.03 Å². The SMILES string of the molecule is COc1cc(/C=C2\C(=O)NC(=O)N(c3ccc(Cl)cc3)C2=O)cc(I)c1OCc1ccc(F)cc1. The zero-order valence-corrected chi connectivity index (χ0v) is 21.1. The third-order valence-corrected chi connectivity index (χ3v) is 6.10. The van der Waals surface area contributed by atoms with Gasteiger partial charge in [-0.2, -0.15) is 0 Å². The second kappa shape index (κ2) is 10.4. The highest BCUT2D eigenvalue weighted by molar-refractivity contribution is 14.1. The molecule has 0 aliphatic carbocycles. The van der Waals surface area contributed by atoms with Crippen molar-refractivity contribution in [2.75, 3.05) is 12.0 Å². The van der Waals surface area contributed by atoms with Crippen molar-refractivity contribution in [2.45, 2.75) is 6.61 Å². The number of urea groups is 1. The van der Waals surface area contributed by atoms with Gasteiger partial charge in [0, 0.05) is 5.02 Å². The van der Waals surface area contributed by atoms with Gasteiger partial charge in [-0.3, -0.25) is 14.9 Å². The first kappa shape index (κ1) is 24.7. The number of carbonyl (C=O) groups excluding carboxylic acids is 3. The van der Waals surface area contributed by atoms with Crippen molar-refractivity contribution >= 4 is 63.8 Å². The van der Waals surface area contributed by atoms with E-state index in [2.05, 4.69) is 27.9 Å². The predicted molar refractivity (Wildman–Crippen MR) is 137 cm³/mol. The average molecular weight is 607 g/mol. The van der Waals surface area contributed by atoms with E-state index in [0.717, 1.165) is 10.5 Å². The molecule has 1 N–H and O–H groups in total. The first-order valence-electron chi connectivity index (χ1n) is 10.2. The zero-order valence-electron chi connectivity index (χ0n) is 18.2. The second-order valence-electron chi connectivity index (χ2n) is 7.38. The number of imide groups is 2. The minimum atomic E-state index is -0.851. The van der Waals surface area contributed by atoms with Gasteiger partial charge in [-0.15, -0.1) is 0 Å². The lowest BCUT2D eigenvalue weighted by atomic mass is 10.1. The van der Waals surface area contributed by atoms with E-state index in [1.165, 1.54) is 49.6 Å². The second-order valence-corrected chi connectivity index (χ2v) is 8.98. The number of ether oxygens (including phenoxy) is 2. The van der Waals surface area contributed by atoms with Crippen molar-refractivity contribution in [1.82, 2.24) is 5.32 Å². The maximum atomic E-state index is 13.1. The molecular formula is C25H17ClFIN2O5. The third kappa shape index (κ3) is 5.46. The molecule has 3 aromatic rings. The molecule has 1 aliphatic rings. The maximum absolute atomic E-state index is 13.1. The normalized spacial score (nSPS) is 14.8. The first-order valence-corrected chi connectivity index (χ1v) is 11.6. The van der Waals surface area contributed by atoms with Gasteiger partial charge < -0.3 is 9.47 Å². The lowest BCUT2D eigenvalue weighted by Crippen LogP contribution is -2.54. The van der Waals surface area contributed by atoms with Crippen LogP contribution in [0, 0.1) is 9.39 Å². The Kier molecular flexibility index (Phi) is 7.37. The Labute approximate surface area is 218 Å². The summed E-state index contributed by atoms with van der Waals surface area (Å²) in [5.41, 5.74) is 1.31. The Morgan fingerprint density at radius 2 is 1.74 bits per heavy atom. The van der Waals surface area contributed by atoms with Crippen LogP contribution in [0.25, 0.3) is 6.08 Å². The van der Waals surface area contributed by atoms with Crippen LogP contribution in [-0.2, 0) is 16.2 Å². The van der Waals surface area contributed by atoms with Crippen molar-refractivity contribution < 1.29 is 28.2 Å². The lowest BCUT2D eigenvalue weighted by Gasteiger charge is -2.26. The number of carbonyl (C=O) groups is 3. The molecule has 0 bridgehead atoms.